The zero-order valence-corrected chi connectivity index (χ0v) is 16.0. The van der Waals surface area contributed by atoms with Crippen molar-refractivity contribution in [3.63, 3.8) is 0 Å². The number of hydrogen-bond acceptors (Lipinski definition) is 4. The number of para-hydroxylation sites is 1. The fourth-order valence-electron chi connectivity index (χ4n) is 4.77. The summed E-state index contributed by atoms with van der Waals surface area (Å²) in [6.45, 7) is 1.16. The van der Waals surface area contributed by atoms with E-state index in [9.17, 15) is 19.5 Å². The van der Waals surface area contributed by atoms with Crippen LogP contribution in [0.3, 0.4) is 0 Å². The van der Waals surface area contributed by atoms with E-state index in [0.29, 0.717) is 25.2 Å². The Morgan fingerprint density at radius 1 is 1.18 bits per heavy atom. The molecule has 1 aromatic rings. The van der Waals surface area contributed by atoms with Gasteiger partial charge in [-0.05, 0) is 37.8 Å². The first-order chi connectivity index (χ1) is 13.5. The summed E-state index contributed by atoms with van der Waals surface area (Å²) < 4.78 is 0. The molecule has 0 aromatic heterocycles. The third kappa shape index (κ3) is 3.51. The monoisotopic (exact) mass is 385 g/mol. The lowest BCUT2D eigenvalue weighted by molar-refractivity contribution is -0.143. The number of piperidine rings is 1. The number of likely N-dealkylation sites (tertiary alicyclic amines) is 1. The number of hydrogen-bond donors (Lipinski definition) is 2. The summed E-state index contributed by atoms with van der Waals surface area (Å²) >= 11 is 0. The minimum atomic E-state index is -0.673. The molecule has 1 aliphatic carbocycles. The number of amides is 4. The molecule has 3 atom stereocenters. The van der Waals surface area contributed by atoms with Gasteiger partial charge in [0.2, 0.25) is 5.91 Å². The number of nitrogens with zero attached hydrogens (tertiary/aromatic N) is 2. The van der Waals surface area contributed by atoms with E-state index in [4.69, 9.17) is 0 Å². The minimum absolute atomic E-state index is 0.00664. The summed E-state index contributed by atoms with van der Waals surface area (Å²) in [7, 11) is 0. The summed E-state index contributed by atoms with van der Waals surface area (Å²) in [5.74, 6) is -0.169. The highest BCUT2D eigenvalue weighted by atomic mass is 16.3. The van der Waals surface area contributed by atoms with Crippen molar-refractivity contribution in [2.45, 2.75) is 56.6 Å². The van der Waals surface area contributed by atoms with Gasteiger partial charge in [0.1, 0.15) is 6.04 Å². The van der Waals surface area contributed by atoms with E-state index in [0.717, 1.165) is 30.6 Å². The van der Waals surface area contributed by atoms with E-state index in [2.05, 4.69) is 5.32 Å². The quantitative estimate of drug-likeness (QED) is 0.776. The molecule has 1 saturated carbocycles. The van der Waals surface area contributed by atoms with Gasteiger partial charge in [0, 0.05) is 25.4 Å². The molecule has 4 amide bonds. The van der Waals surface area contributed by atoms with Gasteiger partial charge >= 0.3 is 6.03 Å². The number of urea groups is 1. The van der Waals surface area contributed by atoms with Crippen LogP contribution >= 0.6 is 0 Å². The molecule has 7 heteroatoms. The highest BCUT2D eigenvalue weighted by Crippen LogP contribution is 2.39. The van der Waals surface area contributed by atoms with Crippen molar-refractivity contribution in [3.8, 4) is 0 Å². The largest absolute Gasteiger partial charge is 0.389 e. The number of aliphatic hydroxyl groups is 1. The van der Waals surface area contributed by atoms with Gasteiger partial charge in [-0.2, -0.15) is 0 Å². The number of nitrogens with one attached hydrogen (secondary N) is 1. The number of benzene rings is 1. The zero-order valence-electron chi connectivity index (χ0n) is 16.0. The normalized spacial score (nSPS) is 30.2. The maximum atomic E-state index is 12.7. The second-order valence-corrected chi connectivity index (χ2v) is 8.19. The number of imide groups is 1. The second-order valence-electron chi connectivity index (χ2n) is 8.19. The molecule has 2 saturated heterocycles. The molecule has 7 nitrogen and oxygen atoms in total. The lowest BCUT2D eigenvalue weighted by Crippen LogP contribution is -2.54. The Hall–Kier alpha value is -2.41. The Morgan fingerprint density at radius 3 is 2.75 bits per heavy atom. The predicted octanol–water partition coefficient (Wildman–Crippen LogP) is 2.05. The first kappa shape index (κ1) is 18.9. The first-order valence-corrected chi connectivity index (χ1v) is 10.2. The molecule has 0 radical (unpaired) electrons. The van der Waals surface area contributed by atoms with Crippen LogP contribution in [0, 0.1) is 5.92 Å². The van der Waals surface area contributed by atoms with Gasteiger partial charge in [-0.25, -0.2) is 9.69 Å². The fraction of sp³-hybridized carbons (Fsp3) is 0.571. The molecule has 2 aliphatic heterocycles. The summed E-state index contributed by atoms with van der Waals surface area (Å²) in [6.07, 6.45) is 5.09. The molecule has 3 fully saturated rings. The molecule has 3 aliphatic rings. The average molecular weight is 385 g/mol. The van der Waals surface area contributed by atoms with Crippen molar-refractivity contribution in [1.82, 2.24) is 10.2 Å². The van der Waals surface area contributed by atoms with Gasteiger partial charge in [-0.3, -0.25) is 9.59 Å². The van der Waals surface area contributed by atoms with E-state index in [1.54, 1.807) is 24.3 Å². The smallest absolute Gasteiger partial charge is 0.329 e. The molecule has 0 spiro atoms. The molecule has 4 rings (SSSR count). The Morgan fingerprint density at radius 2 is 1.96 bits per heavy atom. The van der Waals surface area contributed by atoms with Crippen LogP contribution in [-0.2, 0) is 9.59 Å². The zero-order chi connectivity index (χ0) is 19.7. The third-order valence-corrected chi connectivity index (χ3v) is 6.46. The summed E-state index contributed by atoms with van der Waals surface area (Å²) in [6, 6.07) is 7.68. The van der Waals surface area contributed by atoms with E-state index in [1.807, 2.05) is 11.0 Å². The lowest BCUT2D eigenvalue weighted by Gasteiger charge is -2.47. The van der Waals surface area contributed by atoms with Crippen LogP contribution in [0.25, 0.3) is 0 Å². The van der Waals surface area contributed by atoms with E-state index in [-0.39, 0.29) is 30.6 Å². The summed E-state index contributed by atoms with van der Waals surface area (Å²) in [5, 5.41) is 13.4. The van der Waals surface area contributed by atoms with Crippen molar-refractivity contribution < 1.29 is 19.5 Å². The maximum absolute atomic E-state index is 12.7. The van der Waals surface area contributed by atoms with E-state index >= 15 is 0 Å². The minimum Gasteiger partial charge on any atom is -0.389 e. The molecule has 1 aromatic carbocycles. The Bertz CT molecular complexity index is 768. The molecule has 28 heavy (non-hydrogen) atoms. The number of rotatable bonds is 4. The van der Waals surface area contributed by atoms with Gasteiger partial charge in [0.15, 0.2) is 0 Å². The molecule has 0 unspecified atom stereocenters. The van der Waals surface area contributed by atoms with Crippen molar-refractivity contribution in [2.24, 2.45) is 5.92 Å². The van der Waals surface area contributed by atoms with Gasteiger partial charge in [-0.1, -0.05) is 31.0 Å². The molecular weight excluding hydrogens is 358 g/mol. The van der Waals surface area contributed by atoms with Crippen molar-refractivity contribution >= 4 is 23.5 Å². The third-order valence-electron chi connectivity index (χ3n) is 6.46. The van der Waals surface area contributed by atoms with Gasteiger partial charge in [0.05, 0.1) is 11.3 Å². The van der Waals surface area contributed by atoms with Crippen molar-refractivity contribution in [1.29, 1.82) is 0 Å². The van der Waals surface area contributed by atoms with Crippen LogP contribution in [0.15, 0.2) is 30.3 Å². The van der Waals surface area contributed by atoms with E-state index < -0.39 is 17.7 Å². The van der Waals surface area contributed by atoms with Gasteiger partial charge < -0.3 is 15.3 Å². The predicted molar refractivity (Wildman–Crippen MR) is 104 cm³/mol. The number of carbonyl (C=O) groups is 3. The topological polar surface area (TPSA) is 90.0 Å². The fourth-order valence-corrected chi connectivity index (χ4v) is 4.77. The lowest BCUT2D eigenvalue weighted by atomic mass is 9.71. The van der Waals surface area contributed by atoms with Gasteiger partial charge in [0.25, 0.3) is 5.91 Å². The van der Waals surface area contributed by atoms with E-state index in [1.165, 1.54) is 0 Å². The Balaban J connectivity index is 1.33. The number of anilines is 1. The summed E-state index contributed by atoms with van der Waals surface area (Å²) in [4.78, 5) is 40.5. The number of carbonyl (C=O) groups excluding carboxylic acids is 3. The molecule has 150 valence electrons. The van der Waals surface area contributed by atoms with Crippen molar-refractivity contribution in [2.75, 3.05) is 18.0 Å². The van der Waals surface area contributed by atoms with Gasteiger partial charge in [-0.15, -0.1) is 0 Å². The first-order valence-electron chi connectivity index (χ1n) is 10.2. The summed E-state index contributed by atoms with van der Waals surface area (Å²) in [5.41, 5.74) is -0.0768. The van der Waals surface area contributed by atoms with Crippen molar-refractivity contribution in [3.05, 3.63) is 30.3 Å². The van der Waals surface area contributed by atoms with Crippen LogP contribution < -0.4 is 10.2 Å². The Labute approximate surface area is 164 Å². The highest BCUT2D eigenvalue weighted by molar-refractivity contribution is 6.21. The SMILES string of the molecule is O=C(CC[C@@H]1NC(=O)N(c2ccccc2)C1=O)N1CC[C@@]2(O)CCCC[C@@H]2C1. The van der Waals surface area contributed by atoms with Crippen LogP contribution in [0.5, 0.6) is 0 Å². The number of fused-ring (bicyclic) bond motifs is 1. The average Bonchev–Trinajstić information content (AvgIpc) is 2.99. The Kier molecular flexibility index (Phi) is 5.10. The standard InChI is InChI=1S/C21H27N3O4/c25-18(23-13-12-21(28)11-5-4-6-15(21)14-23)10-9-17-19(26)24(20(27)22-17)16-7-2-1-3-8-16/h1-3,7-8,15,17,28H,4-6,9-14H2,(H,22,27)/t15-,17+,21+/m1/s1. The van der Waals surface area contributed by atoms with Crippen LogP contribution in [0.2, 0.25) is 0 Å². The van der Waals surface area contributed by atoms with Crippen LogP contribution in [0.1, 0.15) is 44.9 Å². The molecular formula is C21H27N3O4. The molecule has 2 heterocycles. The maximum Gasteiger partial charge on any atom is 0.329 e. The van der Waals surface area contributed by atoms with Crippen LogP contribution in [0.4, 0.5) is 10.5 Å². The van der Waals surface area contributed by atoms with Crippen LogP contribution in [-0.4, -0.2) is 52.6 Å². The molecule has 0 bridgehead atoms. The second kappa shape index (κ2) is 7.54. The highest BCUT2D eigenvalue weighted by Gasteiger charge is 2.44. The molecule has 2 N–H and O–H groups in total.